The fourth-order valence-electron chi connectivity index (χ4n) is 0.998. The van der Waals surface area contributed by atoms with Gasteiger partial charge in [0.2, 0.25) is 0 Å². The van der Waals surface area contributed by atoms with Crippen molar-refractivity contribution in [2.45, 2.75) is 13.8 Å². The molecule has 60 valence electrons. The molecule has 0 N–H and O–H groups in total. The second kappa shape index (κ2) is 3.18. The number of alkyl halides is 1. The number of ketones is 1. The summed E-state index contributed by atoms with van der Waals surface area (Å²) in [6.07, 6.45) is 1.58. The first-order valence-electron chi connectivity index (χ1n) is 3.50. The number of rotatable bonds is 1. The number of carbonyl (C=O) groups is 1. The molecule has 1 aliphatic heterocycles. The Labute approximate surface area is 71.0 Å². The molecule has 0 aromatic heterocycles. The summed E-state index contributed by atoms with van der Waals surface area (Å²) in [5.74, 6) is 0.351. The van der Waals surface area contributed by atoms with Gasteiger partial charge in [-0.05, 0) is 13.8 Å². The van der Waals surface area contributed by atoms with Gasteiger partial charge in [-0.2, -0.15) is 0 Å². The smallest absolute Gasteiger partial charge is 0.168 e. The van der Waals surface area contributed by atoms with Gasteiger partial charge in [-0.1, -0.05) is 0 Å². The largest absolute Gasteiger partial charge is 0.294 e. The molecule has 0 unspecified atom stereocenters. The molecule has 0 spiro atoms. The minimum absolute atomic E-state index is 0.127. The third-order valence-electron chi connectivity index (χ3n) is 1.84. The summed E-state index contributed by atoms with van der Waals surface area (Å²) in [4.78, 5) is 15.3. The Morgan fingerprint density at radius 3 is 2.91 bits per heavy atom. The number of hydrogen-bond donors (Lipinski definition) is 0. The van der Waals surface area contributed by atoms with Gasteiger partial charge >= 0.3 is 0 Å². The van der Waals surface area contributed by atoms with E-state index in [2.05, 4.69) is 4.99 Å². The zero-order valence-electron chi connectivity index (χ0n) is 6.60. The summed E-state index contributed by atoms with van der Waals surface area (Å²) in [6.45, 7) is 3.60. The molecular weight excluding hydrogens is 162 g/mol. The van der Waals surface area contributed by atoms with E-state index >= 15 is 0 Å². The monoisotopic (exact) mass is 171 g/mol. The maximum atomic E-state index is 11.3. The second-order valence-electron chi connectivity index (χ2n) is 2.65. The highest BCUT2D eigenvalue weighted by molar-refractivity contribution is 6.32. The number of allylic oxidation sites excluding steroid dienone is 1. The Balaban J connectivity index is 2.93. The van der Waals surface area contributed by atoms with Crippen molar-refractivity contribution in [1.29, 1.82) is 0 Å². The Kier molecular flexibility index (Phi) is 2.45. The van der Waals surface area contributed by atoms with Crippen molar-refractivity contribution in [2.24, 2.45) is 10.9 Å². The lowest BCUT2D eigenvalue weighted by molar-refractivity contribution is -0.117. The van der Waals surface area contributed by atoms with Gasteiger partial charge in [0.25, 0.3) is 0 Å². The normalized spacial score (nSPS) is 24.6. The van der Waals surface area contributed by atoms with Gasteiger partial charge in [-0.25, -0.2) is 0 Å². The van der Waals surface area contributed by atoms with Crippen molar-refractivity contribution in [1.82, 2.24) is 0 Å². The highest BCUT2D eigenvalue weighted by Gasteiger charge is 2.22. The van der Waals surface area contributed by atoms with Crippen LogP contribution >= 0.6 is 11.6 Å². The average Bonchev–Trinajstić information content (AvgIpc) is 2.01. The fraction of sp³-hybridized carbons (Fsp3) is 0.500. The van der Waals surface area contributed by atoms with E-state index in [-0.39, 0.29) is 11.7 Å². The van der Waals surface area contributed by atoms with Gasteiger partial charge < -0.3 is 0 Å². The van der Waals surface area contributed by atoms with E-state index in [1.165, 1.54) is 0 Å². The maximum Gasteiger partial charge on any atom is 0.168 e. The molecule has 11 heavy (non-hydrogen) atoms. The molecule has 0 amide bonds. The lowest BCUT2D eigenvalue weighted by atomic mass is 9.95. The van der Waals surface area contributed by atoms with Crippen molar-refractivity contribution < 1.29 is 4.79 Å². The summed E-state index contributed by atoms with van der Waals surface area (Å²) in [7, 11) is 0. The first-order chi connectivity index (χ1) is 5.16. The van der Waals surface area contributed by atoms with Crippen molar-refractivity contribution in [3.63, 3.8) is 0 Å². The van der Waals surface area contributed by atoms with Crippen molar-refractivity contribution in [3.05, 3.63) is 11.8 Å². The van der Waals surface area contributed by atoms with Crippen LogP contribution in [0.15, 0.2) is 16.8 Å². The third kappa shape index (κ3) is 1.51. The Morgan fingerprint density at radius 1 is 1.73 bits per heavy atom. The van der Waals surface area contributed by atoms with Crippen LogP contribution in [0.3, 0.4) is 0 Å². The Hall–Kier alpha value is -0.630. The van der Waals surface area contributed by atoms with Crippen LogP contribution in [0, 0.1) is 5.92 Å². The molecule has 1 heterocycles. The van der Waals surface area contributed by atoms with Crippen molar-refractivity contribution in [3.8, 4) is 0 Å². The summed E-state index contributed by atoms with van der Waals surface area (Å²) in [5.41, 5.74) is 1.48. The standard InChI is InChI=1S/C8H10ClNO/c1-5-4-10-7(3-9)6(2)8(5)11/h4,6H,3H2,1-2H3/t6-/m0/s1. The van der Waals surface area contributed by atoms with Gasteiger partial charge in [-0.15, -0.1) is 11.6 Å². The van der Waals surface area contributed by atoms with Gasteiger partial charge in [0.05, 0.1) is 11.8 Å². The van der Waals surface area contributed by atoms with E-state index in [0.29, 0.717) is 11.5 Å². The SMILES string of the molecule is CC1=CN=C(CCl)[C@H](C)C1=O. The lowest BCUT2D eigenvalue weighted by Gasteiger charge is -2.14. The van der Waals surface area contributed by atoms with Crippen LogP contribution in [0.4, 0.5) is 0 Å². The topological polar surface area (TPSA) is 29.4 Å². The fourth-order valence-corrected chi connectivity index (χ4v) is 1.30. The third-order valence-corrected chi connectivity index (χ3v) is 2.12. The molecule has 0 radical (unpaired) electrons. The van der Waals surface area contributed by atoms with Crippen LogP contribution in [0.5, 0.6) is 0 Å². The molecule has 0 fully saturated rings. The van der Waals surface area contributed by atoms with Crippen molar-refractivity contribution in [2.75, 3.05) is 5.88 Å². The van der Waals surface area contributed by atoms with E-state index in [1.54, 1.807) is 13.1 Å². The molecule has 1 aliphatic rings. The average molecular weight is 172 g/mol. The van der Waals surface area contributed by atoms with Crippen LogP contribution in [0.25, 0.3) is 0 Å². The first kappa shape index (κ1) is 8.47. The molecule has 0 aliphatic carbocycles. The second-order valence-corrected chi connectivity index (χ2v) is 2.92. The van der Waals surface area contributed by atoms with E-state index in [9.17, 15) is 4.79 Å². The van der Waals surface area contributed by atoms with Gasteiger partial charge in [0.15, 0.2) is 5.78 Å². The van der Waals surface area contributed by atoms with Gasteiger partial charge in [0, 0.05) is 17.5 Å². The maximum absolute atomic E-state index is 11.3. The predicted octanol–water partition coefficient (Wildman–Crippen LogP) is 1.79. The number of nitrogens with zero attached hydrogens (tertiary/aromatic N) is 1. The van der Waals surface area contributed by atoms with Crippen LogP contribution in [0.2, 0.25) is 0 Å². The number of Topliss-reactive ketones (excluding diaryl/α,β-unsaturated/α-hetero) is 1. The lowest BCUT2D eigenvalue weighted by Crippen LogP contribution is -2.25. The molecule has 3 heteroatoms. The first-order valence-corrected chi connectivity index (χ1v) is 4.03. The molecular formula is C8H10ClNO. The van der Waals surface area contributed by atoms with Gasteiger partial charge in [0.1, 0.15) is 0 Å². The Bertz CT molecular complexity index is 242. The predicted molar refractivity (Wildman–Crippen MR) is 46.1 cm³/mol. The van der Waals surface area contributed by atoms with Crippen LogP contribution < -0.4 is 0 Å². The number of halogens is 1. The number of carbonyl (C=O) groups excluding carboxylic acids is 1. The highest BCUT2D eigenvalue weighted by Crippen LogP contribution is 2.14. The molecule has 0 aromatic carbocycles. The van der Waals surface area contributed by atoms with Crippen molar-refractivity contribution >= 4 is 23.1 Å². The minimum atomic E-state index is -0.127. The molecule has 2 nitrogen and oxygen atoms in total. The van der Waals surface area contributed by atoms with Crippen LogP contribution in [0.1, 0.15) is 13.8 Å². The van der Waals surface area contributed by atoms with E-state index in [0.717, 1.165) is 5.71 Å². The van der Waals surface area contributed by atoms with E-state index in [4.69, 9.17) is 11.6 Å². The van der Waals surface area contributed by atoms with Crippen LogP contribution in [-0.2, 0) is 4.79 Å². The molecule has 0 bridgehead atoms. The summed E-state index contributed by atoms with van der Waals surface area (Å²) >= 11 is 5.58. The zero-order chi connectivity index (χ0) is 8.43. The summed E-state index contributed by atoms with van der Waals surface area (Å²) < 4.78 is 0. The summed E-state index contributed by atoms with van der Waals surface area (Å²) in [6, 6.07) is 0. The molecule has 1 rings (SSSR count). The minimum Gasteiger partial charge on any atom is -0.294 e. The van der Waals surface area contributed by atoms with Gasteiger partial charge in [-0.3, -0.25) is 9.79 Å². The number of hydrogen-bond acceptors (Lipinski definition) is 2. The quantitative estimate of drug-likeness (QED) is 0.553. The molecule has 0 saturated carbocycles. The van der Waals surface area contributed by atoms with E-state index in [1.807, 2.05) is 6.92 Å². The number of aliphatic imine (C=N–C) groups is 1. The zero-order valence-corrected chi connectivity index (χ0v) is 7.35. The summed E-state index contributed by atoms with van der Waals surface area (Å²) in [5, 5.41) is 0. The van der Waals surface area contributed by atoms with E-state index < -0.39 is 0 Å². The highest BCUT2D eigenvalue weighted by atomic mass is 35.5. The Morgan fingerprint density at radius 2 is 2.36 bits per heavy atom. The van der Waals surface area contributed by atoms with Crippen LogP contribution in [-0.4, -0.2) is 17.4 Å². The molecule has 1 atom stereocenters. The molecule has 0 saturated heterocycles. The molecule has 0 aromatic rings.